The fraction of sp³-hybridized carbons (Fsp3) is 0.273. The Morgan fingerprint density at radius 2 is 2.11 bits per heavy atom. The Kier molecular flexibility index (Phi) is 3.81. The molecule has 0 aliphatic rings. The first-order chi connectivity index (χ1) is 8.25. The summed E-state index contributed by atoms with van der Waals surface area (Å²) in [7, 11) is 0. The molecule has 4 nitrogen and oxygen atoms in total. The van der Waals surface area contributed by atoms with Crippen LogP contribution < -0.4 is 5.32 Å². The molecular formula is C11H9F3N2O2. The van der Waals surface area contributed by atoms with Gasteiger partial charge in [0, 0.05) is 5.69 Å². The fourth-order valence-electron chi connectivity index (χ4n) is 1.28. The molecule has 0 aromatic heterocycles. The van der Waals surface area contributed by atoms with Crippen LogP contribution in [0.15, 0.2) is 18.2 Å². The van der Waals surface area contributed by atoms with Gasteiger partial charge in [-0.25, -0.2) is 0 Å². The van der Waals surface area contributed by atoms with Crippen molar-refractivity contribution in [1.29, 1.82) is 5.26 Å². The molecule has 0 saturated heterocycles. The Bertz CT molecular complexity index is 506. The SMILES string of the molecule is C[C@H](Nc1ccc(C#N)c(C(F)(F)F)c1)C(=O)O. The molecule has 2 N–H and O–H groups in total. The van der Waals surface area contributed by atoms with Crippen LogP contribution in [0.25, 0.3) is 0 Å². The third kappa shape index (κ3) is 3.13. The number of aliphatic carboxylic acids is 1. The second-order valence-electron chi connectivity index (χ2n) is 3.57. The van der Waals surface area contributed by atoms with Crippen LogP contribution in [0.3, 0.4) is 0 Å². The van der Waals surface area contributed by atoms with Gasteiger partial charge in [0.15, 0.2) is 0 Å². The summed E-state index contributed by atoms with van der Waals surface area (Å²) >= 11 is 0. The maximum absolute atomic E-state index is 12.6. The lowest BCUT2D eigenvalue weighted by Gasteiger charge is -2.14. The van der Waals surface area contributed by atoms with E-state index in [1.165, 1.54) is 19.1 Å². The summed E-state index contributed by atoms with van der Waals surface area (Å²) in [5.41, 5.74) is -1.60. The molecule has 1 aromatic carbocycles. The van der Waals surface area contributed by atoms with Crippen molar-refractivity contribution in [2.45, 2.75) is 19.1 Å². The van der Waals surface area contributed by atoms with Crippen LogP contribution in [0.2, 0.25) is 0 Å². The Balaban J connectivity index is 3.12. The highest BCUT2D eigenvalue weighted by atomic mass is 19.4. The van der Waals surface area contributed by atoms with Gasteiger partial charge < -0.3 is 10.4 Å². The first-order valence-corrected chi connectivity index (χ1v) is 4.86. The standard InChI is InChI=1S/C11H9F3N2O2/c1-6(10(17)18)16-8-3-2-7(5-15)9(4-8)11(12,13)14/h2-4,6,16H,1H3,(H,17,18)/t6-/m0/s1. The van der Waals surface area contributed by atoms with E-state index < -0.39 is 29.3 Å². The molecule has 1 aromatic rings. The molecule has 0 amide bonds. The number of anilines is 1. The van der Waals surface area contributed by atoms with Gasteiger partial charge in [0.05, 0.1) is 17.2 Å². The molecule has 7 heteroatoms. The summed E-state index contributed by atoms with van der Waals surface area (Å²) in [5.74, 6) is -1.19. The monoisotopic (exact) mass is 258 g/mol. The molecule has 0 radical (unpaired) electrons. The number of benzene rings is 1. The van der Waals surface area contributed by atoms with Crippen LogP contribution in [-0.2, 0) is 11.0 Å². The van der Waals surface area contributed by atoms with E-state index in [0.29, 0.717) is 0 Å². The maximum atomic E-state index is 12.6. The average Bonchev–Trinajstić information content (AvgIpc) is 2.27. The molecule has 0 aliphatic carbocycles. The van der Waals surface area contributed by atoms with Crippen LogP contribution in [0.1, 0.15) is 18.1 Å². The Hall–Kier alpha value is -2.23. The van der Waals surface area contributed by atoms with Crippen molar-refractivity contribution < 1.29 is 23.1 Å². The summed E-state index contributed by atoms with van der Waals surface area (Å²) in [6.07, 6.45) is -4.66. The minimum atomic E-state index is -4.66. The van der Waals surface area contributed by atoms with E-state index in [1.807, 2.05) is 0 Å². The lowest BCUT2D eigenvalue weighted by molar-refractivity contribution is -0.138. The molecular weight excluding hydrogens is 249 g/mol. The summed E-state index contributed by atoms with van der Waals surface area (Å²) < 4.78 is 37.8. The third-order valence-corrected chi connectivity index (χ3v) is 2.20. The van der Waals surface area contributed by atoms with Crippen molar-refractivity contribution in [3.8, 4) is 6.07 Å². The number of alkyl halides is 3. The van der Waals surface area contributed by atoms with Gasteiger partial charge in [-0.2, -0.15) is 18.4 Å². The first kappa shape index (κ1) is 13.8. The fourth-order valence-corrected chi connectivity index (χ4v) is 1.28. The average molecular weight is 258 g/mol. The highest BCUT2D eigenvalue weighted by Gasteiger charge is 2.34. The lowest BCUT2D eigenvalue weighted by atomic mass is 10.1. The Morgan fingerprint density at radius 1 is 1.50 bits per heavy atom. The highest BCUT2D eigenvalue weighted by Crippen LogP contribution is 2.33. The summed E-state index contributed by atoms with van der Waals surface area (Å²) in [6.45, 7) is 1.30. The van der Waals surface area contributed by atoms with E-state index >= 15 is 0 Å². The molecule has 0 bridgehead atoms. The topological polar surface area (TPSA) is 73.1 Å². The van der Waals surface area contributed by atoms with Crippen molar-refractivity contribution in [3.63, 3.8) is 0 Å². The van der Waals surface area contributed by atoms with Gasteiger partial charge in [0.25, 0.3) is 0 Å². The number of rotatable bonds is 3. The minimum Gasteiger partial charge on any atom is -0.480 e. The lowest BCUT2D eigenvalue weighted by Crippen LogP contribution is -2.25. The van der Waals surface area contributed by atoms with Crippen LogP contribution in [-0.4, -0.2) is 17.1 Å². The number of carbonyl (C=O) groups is 1. The van der Waals surface area contributed by atoms with Crippen LogP contribution in [0, 0.1) is 11.3 Å². The normalized spacial score (nSPS) is 12.6. The van der Waals surface area contributed by atoms with Gasteiger partial charge in [-0.05, 0) is 25.1 Å². The molecule has 0 fully saturated rings. The number of carboxylic acids is 1. The number of nitrogens with zero attached hydrogens (tertiary/aromatic N) is 1. The molecule has 0 spiro atoms. The number of hydrogen-bond donors (Lipinski definition) is 2. The molecule has 0 unspecified atom stereocenters. The zero-order valence-electron chi connectivity index (χ0n) is 9.25. The molecule has 18 heavy (non-hydrogen) atoms. The van der Waals surface area contributed by atoms with E-state index in [0.717, 1.165) is 12.1 Å². The van der Waals surface area contributed by atoms with Gasteiger partial charge in [-0.3, -0.25) is 4.79 Å². The molecule has 1 rings (SSSR count). The molecule has 0 heterocycles. The van der Waals surface area contributed by atoms with Crippen molar-refractivity contribution in [1.82, 2.24) is 0 Å². The van der Waals surface area contributed by atoms with Crippen LogP contribution >= 0.6 is 0 Å². The summed E-state index contributed by atoms with van der Waals surface area (Å²) in [4.78, 5) is 10.6. The van der Waals surface area contributed by atoms with Gasteiger partial charge in [-0.1, -0.05) is 0 Å². The molecule has 0 saturated carbocycles. The second kappa shape index (κ2) is 4.96. The summed E-state index contributed by atoms with van der Waals surface area (Å²) in [6, 6.07) is 3.36. The smallest absolute Gasteiger partial charge is 0.417 e. The van der Waals surface area contributed by atoms with E-state index in [4.69, 9.17) is 10.4 Å². The van der Waals surface area contributed by atoms with Gasteiger partial charge in [0.1, 0.15) is 6.04 Å². The number of nitriles is 1. The second-order valence-corrected chi connectivity index (χ2v) is 3.57. The predicted molar refractivity (Wildman–Crippen MR) is 56.9 cm³/mol. The van der Waals surface area contributed by atoms with Crippen molar-refractivity contribution in [2.24, 2.45) is 0 Å². The highest BCUT2D eigenvalue weighted by molar-refractivity contribution is 5.76. The van der Waals surface area contributed by atoms with E-state index in [1.54, 1.807) is 0 Å². The quantitative estimate of drug-likeness (QED) is 0.873. The molecule has 1 atom stereocenters. The number of hydrogen-bond acceptors (Lipinski definition) is 3. The van der Waals surface area contributed by atoms with E-state index in [2.05, 4.69) is 5.32 Å². The largest absolute Gasteiger partial charge is 0.480 e. The maximum Gasteiger partial charge on any atom is 0.417 e. The summed E-state index contributed by atoms with van der Waals surface area (Å²) in [5, 5.41) is 19.6. The van der Waals surface area contributed by atoms with Gasteiger partial charge in [0.2, 0.25) is 0 Å². The Morgan fingerprint density at radius 3 is 2.56 bits per heavy atom. The van der Waals surface area contributed by atoms with Gasteiger partial charge in [-0.15, -0.1) is 0 Å². The predicted octanol–water partition coefficient (Wildman–Crippen LogP) is 2.46. The zero-order valence-corrected chi connectivity index (χ0v) is 9.25. The molecule has 0 aliphatic heterocycles. The first-order valence-electron chi connectivity index (χ1n) is 4.86. The number of carboxylic acid groups (broad SMARTS) is 1. The van der Waals surface area contributed by atoms with Gasteiger partial charge >= 0.3 is 12.1 Å². The van der Waals surface area contributed by atoms with Crippen molar-refractivity contribution in [2.75, 3.05) is 5.32 Å². The number of halogens is 3. The van der Waals surface area contributed by atoms with Crippen LogP contribution in [0.4, 0.5) is 18.9 Å². The van der Waals surface area contributed by atoms with Crippen molar-refractivity contribution >= 4 is 11.7 Å². The number of nitrogens with one attached hydrogen (secondary N) is 1. The minimum absolute atomic E-state index is 0.00350. The van der Waals surface area contributed by atoms with Crippen molar-refractivity contribution in [3.05, 3.63) is 29.3 Å². The van der Waals surface area contributed by atoms with E-state index in [9.17, 15) is 18.0 Å². The molecule has 96 valence electrons. The third-order valence-electron chi connectivity index (χ3n) is 2.20. The van der Waals surface area contributed by atoms with E-state index in [-0.39, 0.29) is 5.69 Å². The Labute approximate surface area is 101 Å². The zero-order chi connectivity index (χ0) is 13.9. The van der Waals surface area contributed by atoms with Crippen LogP contribution in [0.5, 0.6) is 0 Å².